The Morgan fingerprint density at radius 2 is 1.78 bits per heavy atom. The number of carbonyl (C=O) groups is 2. The molecule has 0 radical (unpaired) electrons. The number of carboxylic acid groups (broad SMARTS) is 2. The number of hydrogen-bond acceptors (Lipinski definition) is 3. The van der Waals surface area contributed by atoms with E-state index >= 15 is 0 Å². The zero-order chi connectivity index (χ0) is 13.3. The van der Waals surface area contributed by atoms with E-state index < -0.39 is 11.9 Å². The van der Waals surface area contributed by atoms with Gasteiger partial charge in [-0.15, -0.1) is 11.3 Å². The Hall–Kier alpha value is -2.14. The third-order valence-electron chi connectivity index (χ3n) is 2.61. The van der Waals surface area contributed by atoms with E-state index in [2.05, 4.69) is 0 Å². The first-order valence-electron chi connectivity index (χ1n) is 5.16. The van der Waals surface area contributed by atoms with Crippen LogP contribution in [0, 0.1) is 6.92 Å². The minimum atomic E-state index is -1.12. The highest BCUT2D eigenvalue weighted by molar-refractivity contribution is 7.13. The maximum Gasteiger partial charge on any atom is 0.336 e. The van der Waals surface area contributed by atoms with E-state index in [0.29, 0.717) is 11.1 Å². The zero-order valence-electron chi connectivity index (χ0n) is 9.51. The SMILES string of the molecule is Cc1cc(-c2cccs2)c(C(=O)O)cc1C(=O)O. The van der Waals surface area contributed by atoms with Gasteiger partial charge in [0.05, 0.1) is 11.1 Å². The van der Waals surface area contributed by atoms with Gasteiger partial charge in [-0.05, 0) is 36.1 Å². The smallest absolute Gasteiger partial charge is 0.336 e. The Bertz CT molecular complexity index is 614. The monoisotopic (exact) mass is 262 g/mol. The van der Waals surface area contributed by atoms with Crippen LogP contribution in [0.1, 0.15) is 26.3 Å². The summed E-state index contributed by atoms with van der Waals surface area (Å²) in [6.07, 6.45) is 0. The van der Waals surface area contributed by atoms with Crippen molar-refractivity contribution in [2.75, 3.05) is 0 Å². The molecular weight excluding hydrogens is 252 g/mol. The molecule has 0 aliphatic carbocycles. The summed E-state index contributed by atoms with van der Waals surface area (Å²) in [5.74, 6) is -2.24. The van der Waals surface area contributed by atoms with E-state index in [9.17, 15) is 14.7 Å². The van der Waals surface area contributed by atoms with Crippen LogP contribution in [-0.2, 0) is 0 Å². The molecule has 4 nitrogen and oxygen atoms in total. The molecule has 0 spiro atoms. The summed E-state index contributed by atoms with van der Waals surface area (Å²) in [6.45, 7) is 1.66. The van der Waals surface area contributed by atoms with Crippen LogP contribution in [0.25, 0.3) is 10.4 Å². The number of benzene rings is 1. The first kappa shape index (κ1) is 12.3. The van der Waals surface area contributed by atoms with Crippen molar-refractivity contribution in [3.8, 4) is 10.4 Å². The second-order valence-corrected chi connectivity index (χ2v) is 4.75. The van der Waals surface area contributed by atoms with Crippen LogP contribution in [0.4, 0.5) is 0 Å². The summed E-state index contributed by atoms with van der Waals surface area (Å²) in [7, 11) is 0. The zero-order valence-corrected chi connectivity index (χ0v) is 10.3. The molecule has 0 aliphatic heterocycles. The lowest BCUT2D eigenvalue weighted by atomic mass is 9.98. The Morgan fingerprint density at radius 3 is 2.28 bits per heavy atom. The van der Waals surface area contributed by atoms with E-state index in [-0.39, 0.29) is 11.1 Å². The summed E-state index contributed by atoms with van der Waals surface area (Å²) in [6, 6.07) is 6.46. The average molecular weight is 262 g/mol. The first-order chi connectivity index (χ1) is 8.50. The Kier molecular flexibility index (Phi) is 3.16. The lowest BCUT2D eigenvalue weighted by molar-refractivity contribution is 0.0695. The van der Waals surface area contributed by atoms with Crippen LogP contribution in [0.3, 0.4) is 0 Å². The minimum absolute atomic E-state index is 0.0143. The number of aromatic carboxylic acids is 2. The van der Waals surface area contributed by atoms with Crippen LogP contribution in [-0.4, -0.2) is 22.2 Å². The van der Waals surface area contributed by atoms with Crippen molar-refractivity contribution in [2.45, 2.75) is 6.92 Å². The Morgan fingerprint density at radius 1 is 1.11 bits per heavy atom. The van der Waals surface area contributed by atoms with E-state index in [1.807, 2.05) is 17.5 Å². The summed E-state index contributed by atoms with van der Waals surface area (Å²) in [5, 5.41) is 20.0. The lowest BCUT2D eigenvalue weighted by Gasteiger charge is -2.08. The van der Waals surface area contributed by atoms with Crippen LogP contribution in [0.5, 0.6) is 0 Å². The highest BCUT2D eigenvalue weighted by Crippen LogP contribution is 2.30. The first-order valence-corrected chi connectivity index (χ1v) is 6.03. The van der Waals surface area contributed by atoms with Crippen molar-refractivity contribution in [1.82, 2.24) is 0 Å². The number of aryl methyl sites for hydroxylation is 1. The summed E-state index contributed by atoms with van der Waals surface area (Å²) in [5.41, 5.74) is 1.14. The summed E-state index contributed by atoms with van der Waals surface area (Å²) < 4.78 is 0. The summed E-state index contributed by atoms with van der Waals surface area (Å²) >= 11 is 1.42. The fraction of sp³-hybridized carbons (Fsp3) is 0.0769. The fourth-order valence-corrected chi connectivity index (χ4v) is 2.51. The average Bonchev–Trinajstić information content (AvgIpc) is 2.80. The van der Waals surface area contributed by atoms with E-state index in [1.54, 1.807) is 13.0 Å². The van der Waals surface area contributed by atoms with Crippen molar-refractivity contribution in [3.63, 3.8) is 0 Å². The Balaban J connectivity index is 2.70. The number of hydrogen-bond donors (Lipinski definition) is 2. The lowest BCUT2D eigenvalue weighted by Crippen LogP contribution is -2.06. The molecule has 0 unspecified atom stereocenters. The quantitative estimate of drug-likeness (QED) is 0.891. The van der Waals surface area contributed by atoms with E-state index in [1.165, 1.54) is 17.4 Å². The molecule has 1 heterocycles. The van der Waals surface area contributed by atoms with Gasteiger partial charge in [-0.2, -0.15) is 0 Å². The van der Waals surface area contributed by atoms with Gasteiger partial charge in [0.25, 0.3) is 0 Å². The summed E-state index contributed by atoms with van der Waals surface area (Å²) in [4.78, 5) is 23.0. The van der Waals surface area contributed by atoms with Gasteiger partial charge in [0.15, 0.2) is 0 Å². The molecule has 0 amide bonds. The molecule has 0 bridgehead atoms. The second kappa shape index (κ2) is 4.62. The third kappa shape index (κ3) is 2.12. The third-order valence-corrected chi connectivity index (χ3v) is 3.52. The fourth-order valence-electron chi connectivity index (χ4n) is 1.75. The van der Waals surface area contributed by atoms with Crippen LogP contribution < -0.4 is 0 Å². The van der Waals surface area contributed by atoms with Gasteiger partial charge in [0.1, 0.15) is 0 Å². The molecule has 0 saturated carbocycles. The highest BCUT2D eigenvalue weighted by Gasteiger charge is 2.18. The topological polar surface area (TPSA) is 74.6 Å². The molecular formula is C13H10O4S. The maximum absolute atomic E-state index is 11.2. The molecule has 0 aliphatic rings. The van der Waals surface area contributed by atoms with Gasteiger partial charge in [-0.25, -0.2) is 9.59 Å². The molecule has 1 aromatic carbocycles. The number of rotatable bonds is 3. The predicted octanol–water partition coefficient (Wildman–Crippen LogP) is 3.12. The van der Waals surface area contributed by atoms with Crippen molar-refractivity contribution >= 4 is 23.3 Å². The maximum atomic E-state index is 11.2. The molecule has 2 N–H and O–H groups in total. The highest BCUT2D eigenvalue weighted by atomic mass is 32.1. The number of carboxylic acids is 2. The van der Waals surface area contributed by atoms with Gasteiger partial charge in [0, 0.05) is 10.4 Å². The van der Waals surface area contributed by atoms with Gasteiger partial charge >= 0.3 is 11.9 Å². The normalized spacial score (nSPS) is 10.3. The molecule has 2 rings (SSSR count). The van der Waals surface area contributed by atoms with Crippen LogP contribution in [0.2, 0.25) is 0 Å². The largest absolute Gasteiger partial charge is 0.478 e. The van der Waals surface area contributed by atoms with Gasteiger partial charge in [0.2, 0.25) is 0 Å². The Labute approximate surface area is 107 Å². The van der Waals surface area contributed by atoms with Crippen LogP contribution >= 0.6 is 11.3 Å². The van der Waals surface area contributed by atoms with Crippen molar-refractivity contribution in [1.29, 1.82) is 0 Å². The van der Waals surface area contributed by atoms with Crippen molar-refractivity contribution < 1.29 is 19.8 Å². The van der Waals surface area contributed by atoms with Gasteiger partial charge in [-0.3, -0.25) is 0 Å². The molecule has 0 fully saturated rings. The molecule has 18 heavy (non-hydrogen) atoms. The molecule has 92 valence electrons. The second-order valence-electron chi connectivity index (χ2n) is 3.80. The molecule has 5 heteroatoms. The van der Waals surface area contributed by atoms with Gasteiger partial charge < -0.3 is 10.2 Å². The molecule has 0 saturated heterocycles. The van der Waals surface area contributed by atoms with Crippen molar-refractivity contribution in [2.24, 2.45) is 0 Å². The van der Waals surface area contributed by atoms with E-state index in [0.717, 1.165) is 4.88 Å². The number of thiophene rings is 1. The van der Waals surface area contributed by atoms with Crippen molar-refractivity contribution in [3.05, 3.63) is 46.3 Å². The molecule has 1 aromatic heterocycles. The van der Waals surface area contributed by atoms with E-state index in [4.69, 9.17) is 5.11 Å². The predicted molar refractivity (Wildman–Crippen MR) is 68.4 cm³/mol. The minimum Gasteiger partial charge on any atom is -0.478 e. The standard InChI is InChI=1S/C13H10O4S/c1-7-5-9(11-3-2-4-18-11)10(13(16)17)6-8(7)12(14)15/h2-6H,1H3,(H,14,15)(H,16,17). The van der Waals surface area contributed by atoms with Gasteiger partial charge in [-0.1, -0.05) is 6.07 Å². The molecule has 2 aromatic rings. The van der Waals surface area contributed by atoms with Crippen LogP contribution in [0.15, 0.2) is 29.6 Å². The molecule has 0 atom stereocenters.